The van der Waals surface area contributed by atoms with Crippen molar-refractivity contribution in [3.05, 3.63) is 23.9 Å². The Morgan fingerprint density at radius 3 is 2.47 bits per heavy atom. The lowest BCUT2D eigenvalue weighted by atomic mass is 10.2. The molecule has 0 amide bonds. The average molecular weight is 286 g/mol. The van der Waals surface area contributed by atoms with Crippen LogP contribution in [-0.4, -0.2) is 44.9 Å². The molecule has 19 heavy (non-hydrogen) atoms. The molecule has 0 fully saturated rings. The first-order valence-electron chi connectivity index (χ1n) is 6.09. The Hall–Kier alpha value is -1.18. The summed E-state index contributed by atoms with van der Waals surface area (Å²) in [7, 11) is 1.90. The third-order valence-electron chi connectivity index (χ3n) is 2.83. The number of hydrogen-bond donors (Lipinski definition) is 1. The molecule has 1 N–H and O–H groups in total. The molecule has 0 radical (unpaired) electrons. The van der Waals surface area contributed by atoms with Gasteiger partial charge in [0.2, 0.25) is 0 Å². The predicted molar refractivity (Wildman–Crippen MR) is 77.2 cm³/mol. The maximum absolute atomic E-state index is 12.0. The topological polar surface area (TPSA) is 65.5 Å². The third-order valence-corrected chi connectivity index (χ3v) is 4.52. The van der Waals surface area contributed by atoms with Gasteiger partial charge >= 0.3 is 0 Å². The van der Waals surface area contributed by atoms with Crippen LogP contribution in [0.4, 0.5) is 5.82 Å². The van der Waals surface area contributed by atoms with Gasteiger partial charge in [-0.25, -0.2) is 4.98 Å². The summed E-state index contributed by atoms with van der Waals surface area (Å²) in [6.07, 6.45) is 1.67. The van der Waals surface area contributed by atoms with Crippen LogP contribution in [0.2, 0.25) is 0 Å². The van der Waals surface area contributed by atoms with Gasteiger partial charge in [0, 0.05) is 39.9 Å². The van der Waals surface area contributed by atoms with Gasteiger partial charge in [-0.05, 0) is 31.5 Å². The van der Waals surface area contributed by atoms with Crippen LogP contribution in [-0.2, 0) is 16.8 Å². The quantitative estimate of drug-likeness (QED) is 0.841. The van der Waals surface area contributed by atoms with Crippen molar-refractivity contribution in [3.8, 4) is 0 Å². The van der Waals surface area contributed by atoms with E-state index < -0.39 is 10.2 Å². The smallest absolute Gasteiger partial charge is 0.279 e. The molecular formula is C12H22N4O2S. The number of rotatable bonds is 6. The second-order valence-corrected chi connectivity index (χ2v) is 6.67. The average Bonchev–Trinajstić information content (AvgIpc) is 2.35. The minimum absolute atomic E-state index is 0.0766. The zero-order valence-corrected chi connectivity index (χ0v) is 12.9. The summed E-state index contributed by atoms with van der Waals surface area (Å²) in [6.45, 7) is 3.91. The Morgan fingerprint density at radius 1 is 1.32 bits per heavy atom. The van der Waals surface area contributed by atoms with E-state index in [1.807, 2.05) is 38.9 Å². The molecule has 0 saturated carbocycles. The van der Waals surface area contributed by atoms with E-state index >= 15 is 0 Å². The van der Waals surface area contributed by atoms with Crippen molar-refractivity contribution in [2.45, 2.75) is 26.4 Å². The van der Waals surface area contributed by atoms with Gasteiger partial charge in [-0.15, -0.1) is 0 Å². The van der Waals surface area contributed by atoms with Gasteiger partial charge in [-0.3, -0.25) is 0 Å². The van der Waals surface area contributed by atoms with E-state index in [4.69, 9.17) is 0 Å². The van der Waals surface area contributed by atoms with Crippen LogP contribution in [0.1, 0.15) is 19.4 Å². The highest BCUT2D eigenvalue weighted by molar-refractivity contribution is 7.87. The first kappa shape index (κ1) is 15.9. The first-order chi connectivity index (χ1) is 8.74. The Balaban J connectivity index is 2.74. The van der Waals surface area contributed by atoms with Crippen molar-refractivity contribution >= 4 is 16.0 Å². The van der Waals surface area contributed by atoms with Gasteiger partial charge in [0.05, 0.1) is 0 Å². The Labute approximate surface area is 115 Å². The Kier molecular flexibility index (Phi) is 5.28. The summed E-state index contributed by atoms with van der Waals surface area (Å²) in [5.74, 6) is 0.800. The highest BCUT2D eigenvalue weighted by atomic mass is 32.2. The molecule has 0 aliphatic heterocycles. The van der Waals surface area contributed by atoms with Gasteiger partial charge in [0.1, 0.15) is 5.82 Å². The van der Waals surface area contributed by atoms with E-state index in [0.29, 0.717) is 0 Å². The normalized spacial score (nSPS) is 12.2. The van der Waals surface area contributed by atoms with Crippen LogP contribution in [0.3, 0.4) is 0 Å². The van der Waals surface area contributed by atoms with Crippen LogP contribution >= 0.6 is 0 Å². The Bertz CT molecular complexity index is 514. The minimum Gasteiger partial charge on any atom is -0.363 e. The minimum atomic E-state index is -3.44. The number of hydrogen-bond acceptors (Lipinski definition) is 4. The van der Waals surface area contributed by atoms with Gasteiger partial charge in [-0.2, -0.15) is 17.4 Å². The van der Waals surface area contributed by atoms with Gasteiger partial charge in [-0.1, -0.05) is 0 Å². The standard InChI is InChI=1S/C12H22N4O2S/c1-10(2)16(5)19(17,18)14-9-11-6-7-13-12(8-11)15(3)4/h6-8,10,14H,9H2,1-5H3. The Morgan fingerprint density at radius 2 is 1.95 bits per heavy atom. The molecule has 0 aliphatic rings. The highest BCUT2D eigenvalue weighted by Crippen LogP contribution is 2.10. The van der Waals surface area contributed by atoms with Crippen LogP contribution in [0.5, 0.6) is 0 Å². The van der Waals surface area contributed by atoms with Gasteiger partial charge in [0.15, 0.2) is 0 Å². The fraction of sp³-hybridized carbons (Fsp3) is 0.583. The molecule has 0 saturated heterocycles. The van der Waals surface area contributed by atoms with Crippen molar-refractivity contribution < 1.29 is 8.42 Å². The van der Waals surface area contributed by atoms with Gasteiger partial charge in [0.25, 0.3) is 10.2 Å². The fourth-order valence-corrected chi connectivity index (χ4v) is 2.48. The van der Waals surface area contributed by atoms with E-state index in [1.54, 1.807) is 19.3 Å². The number of nitrogens with one attached hydrogen (secondary N) is 1. The third kappa shape index (κ3) is 4.45. The molecule has 108 valence electrons. The number of pyridine rings is 1. The number of aromatic nitrogens is 1. The van der Waals surface area contributed by atoms with Crippen molar-refractivity contribution in [2.75, 3.05) is 26.0 Å². The van der Waals surface area contributed by atoms with Crippen molar-refractivity contribution in [3.63, 3.8) is 0 Å². The summed E-state index contributed by atoms with van der Waals surface area (Å²) < 4.78 is 27.8. The van der Waals surface area contributed by atoms with E-state index in [2.05, 4.69) is 9.71 Å². The molecule has 1 heterocycles. The lowest BCUT2D eigenvalue weighted by Gasteiger charge is -2.21. The fourth-order valence-electron chi connectivity index (χ4n) is 1.37. The molecular weight excluding hydrogens is 264 g/mol. The lowest BCUT2D eigenvalue weighted by molar-refractivity contribution is 0.402. The summed E-state index contributed by atoms with van der Waals surface area (Å²) in [4.78, 5) is 6.06. The number of anilines is 1. The zero-order valence-electron chi connectivity index (χ0n) is 12.1. The van der Waals surface area contributed by atoms with E-state index in [9.17, 15) is 8.42 Å². The van der Waals surface area contributed by atoms with Crippen molar-refractivity contribution in [2.24, 2.45) is 0 Å². The molecule has 0 atom stereocenters. The predicted octanol–water partition coefficient (Wildman–Crippen LogP) is 0.822. The van der Waals surface area contributed by atoms with Crippen molar-refractivity contribution in [1.82, 2.24) is 14.0 Å². The second-order valence-electron chi connectivity index (χ2n) is 4.85. The number of nitrogens with zero attached hydrogens (tertiary/aromatic N) is 3. The van der Waals surface area contributed by atoms with Crippen LogP contribution < -0.4 is 9.62 Å². The molecule has 0 bridgehead atoms. The zero-order chi connectivity index (χ0) is 14.6. The lowest BCUT2D eigenvalue weighted by Crippen LogP contribution is -2.41. The van der Waals surface area contributed by atoms with E-state index in [0.717, 1.165) is 11.4 Å². The molecule has 6 nitrogen and oxygen atoms in total. The van der Waals surface area contributed by atoms with Crippen LogP contribution in [0.15, 0.2) is 18.3 Å². The molecule has 0 spiro atoms. The highest BCUT2D eigenvalue weighted by Gasteiger charge is 2.19. The maximum Gasteiger partial charge on any atom is 0.279 e. The molecule has 1 rings (SSSR count). The molecule has 0 aromatic carbocycles. The maximum atomic E-state index is 12.0. The summed E-state index contributed by atoms with van der Waals surface area (Å²) in [6, 6.07) is 3.58. The summed E-state index contributed by atoms with van der Waals surface area (Å²) in [5.41, 5.74) is 0.874. The van der Waals surface area contributed by atoms with Crippen LogP contribution in [0, 0.1) is 0 Å². The molecule has 0 unspecified atom stereocenters. The monoisotopic (exact) mass is 286 g/mol. The largest absolute Gasteiger partial charge is 0.363 e. The summed E-state index contributed by atoms with van der Waals surface area (Å²) >= 11 is 0. The first-order valence-corrected chi connectivity index (χ1v) is 7.53. The van der Waals surface area contributed by atoms with E-state index in [1.165, 1.54) is 4.31 Å². The molecule has 7 heteroatoms. The summed E-state index contributed by atoms with van der Waals surface area (Å²) in [5, 5.41) is 0. The molecule has 1 aromatic heterocycles. The van der Waals surface area contributed by atoms with Crippen LogP contribution in [0.25, 0.3) is 0 Å². The van der Waals surface area contributed by atoms with Crippen molar-refractivity contribution in [1.29, 1.82) is 0 Å². The molecule has 0 aliphatic carbocycles. The van der Waals surface area contributed by atoms with E-state index in [-0.39, 0.29) is 12.6 Å². The van der Waals surface area contributed by atoms with Gasteiger partial charge < -0.3 is 4.90 Å². The molecule has 1 aromatic rings. The SMILES string of the molecule is CC(C)N(C)S(=O)(=O)NCc1ccnc(N(C)C)c1. The second kappa shape index (κ2) is 6.31.